The van der Waals surface area contributed by atoms with E-state index in [1.54, 1.807) is 25.1 Å². The van der Waals surface area contributed by atoms with E-state index < -0.39 is 12.1 Å². The predicted octanol–water partition coefficient (Wildman–Crippen LogP) is 4.67. The summed E-state index contributed by atoms with van der Waals surface area (Å²) in [6.07, 6.45) is -0.866. The van der Waals surface area contributed by atoms with Gasteiger partial charge in [-0.25, -0.2) is 4.79 Å². The Bertz CT molecular complexity index is 929. The summed E-state index contributed by atoms with van der Waals surface area (Å²) in [6.45, 7) is 3.44. The molecule has 0 unspecified atom stereocenters. The molecule has 24 heavy (non-hydrogen) atoms. The molecule has 5 heteroatoms. The molecule has 3 rings (SSSR count). The Kier molecular flexibility index (Phi) is 4.53. The van der Waals surface area contributed by atoms with Crippen molar-refractivity contribution < 1.29 is 14.3 Å². The van der Waals surface area contributed by atoms with Crippen LogP contribution in [0.15, 0.2) is 53.0 Å². The lowest BCUT2D eigenvalue weighted by Crippen LogP contribution is -2.24. The number of H-pyrrole nitrogens is 1. The van der Waals surface area contributed by atoms with Gasteiger partial charge in [-0.2, -0.15) is 0 Å². The monoisotopic (exact) mass is 385 g/mol. The smallest absolute Gasteiger partial charge is 0.338 e. The fourth-order valence-electron chi connectivity index (χ4n) is 2.69. The lowest BCUT2D eigenvalue weighted by Gasteiger charge is -2.13. The summed E-state index contributed by atoms with van der Waals surface area (Å²) in [5.41, 5.74) is 2.63. The second-order valence-electron chi connectivity index (χ2n) is 5.59. The zero-order valence-corrected chi connectivity index (χ0v) is 14.9. The molecule has 0 spiro atoms. The molecule has 0 amide bonds. The lowest BCUT2D eigenvalue weighted by atomic mass is 10.0. The van der Waals surface area contributed by atoms with Crippen molar-refractivity contribution in [2.75, 3.05) is 0 Å². The van der Waals surface area contributed by atoms with Gasteiger partial charge in [0, 0.05) is 26.6 Å². The molecule has 0 aliphatic carbocycles. The number of esters is 1. The van der Waals surface area contributed by atoms with E-state index in [0.29, 0.717) is 11.1 Å². The van der Waals surface area contributed by atoms with Gasteiger partial charge in [0.05, 0.1) is 5.56 Å². The van der Waals surface area contributed by atoms with E-state index in [-0.39, 0.29) is 5.78 Å². The number of rotatable bonds is 4. The number of halogens is 1. The minimum Gasteiger partial charge on any atom is -0.451 e. The van der Waals surface area contributed by atoms with Crippen molar-refractivity contribution in [2.45, 2.75) is 20.0 Å². The van der Waals surface area contributed by atoms with E-state index >= 15 is 0 Å². The number of Topliss-reactive ketones (excluding diaryl/α,β-unsaturated/α-hetero) is 1. The molecule has 0 fully saturated rings. The van der Waals surface area contributed by atoms with Gasteiger partial charge in [-0.15, -0.1) is 0 Å². The van der Waals surface area contributed by atoms with Crippen molar-refractivity contribution in [1.82, 2.24) is 4.98 Å². The molecule has 0 radical (unpaired) electrons. The van der Waals surface area contributed by atoms with Crippen molar-refractivity contribution in [3.8, 4) is 0 Å². The van der Waals surface area contributed by atoms with Crippen LogP contribution in [0.25, 0.3) is 10.9 Å². The number of benzene rings is 2. The maximum atomic E-state index is 12.8. The number of ether oxygens (including phenoxy) is 1. The first-order valence-corrected chi connectivity index (χ1v) is 8.34. The average molecular weight is 386 g/mol. The first kappa shape index (κ1) is 16.5. The van der Waals surface area contributed by atoms with E-state index in [1.807, 2.05) is 37.3 Å². The number of ketones is 1. The standard InChI is InChI=1S/C19H16BrNO3/c1-11-17(15-8-3-4-9-16(15)21-11)18(22)12(2)24-19(23)13-6-5-7-14(20)10-13/h3-10,12,21H,1-2H3/t12-/m1/s1. The van der Waals surface area contributed by atoms with E-state index in [1.165, 1.54) is 0 Å². The fourth-order valence-corrected chi connectivity index (χ4v) is 3.09. The molecule has 3 aromatic rings. The molecule has 0 saturated heterocycles. The van der Waals surface area contributed by atoms with E-state index in [0.717, 1.165) is 21.1 Å². The molecule has 1 atom stereocenters. The highest BCUT2D eigenvalue weighted by Gasteiger charge is 2.24. The highest BCUT2D eigenvalue weighted by atomic mass is 79.9. The summed E-state index contributed by atoms with van der Waals surface area (Å²) in [6, 6.07) is 14.5. The van der Waals surface area contributed by atoms with Crippen LogP contribution < -0.4 is 0 Å². The molecule has 0 bridgehead atoms. The molecule has 2 aromatic carbocycles. The number of para-hydroxylation sites is 1. The average Bonchev–Trinajstić information content (AvgIpc) is 2.89. The van der Waals surface area contributed by atoms with Crippen LogP contribution in [0, 0.1) is 6.92 Å². The molecule has 1 heterocycles. The van der Waals surface area contributed by atoms with Crippen LogP contribution in [0.5, 0.6) is 0 Å². The van der Waals surface area contributed by atoms with Crippen LogP contribution >= 0.6 is 15.9 Å². The van der Waals surface area contributed by atoms with Crippen molar-refractivity contribution in [1.29, 1.82) is 0 Å². The van der Waals surface area contributed by atoms with E-state index in [9.17, 15) is 9.59 Å². The highest BCUT2D eigenvalue weighted by molar-refractivity contribution is 9.10. The van der Waals surface area contributed by atoms with Gasteiger partial charge in [0.1, 0.15) is 0 Å². The summed E-state index contributed by atoms with van der Waals surface area (Å²) < 4.78 is 6.14. The number of carbonyl (C=O) groups is 2. The Morgan fingerprint density at radius 3 is 2.62 bits per heavy atom. The number of carbonyl (C=O) groups excluding carboxylic acids is 2. The Hall–Kier alpha value is -2.40. The number of fused-ring (bicyclic) bond motifs is 1. The second-order valence-corrected chi connectivity index (χ2v) is 6.51. The number of aromatic amines is 1. The third-order valence-corrected chi connectivity index (χ3v) is 4.35. The SMILES string of the molecule is Cc1[nH]c2ccccc2c1C(=O)[C@@H](C)OC(=O)c1cccc(Br)c1. The Labute approximate surface area is 148 Å². The number of hydrogen-bond acceptors (Lipinski definition) is 3. The Morgan fingerprint density at radius 1 is 1.12 bits per heavy atom. The van der Waals surface area contributed by atoms with Gasteiger partial charge in [0.25, 0.3) is 0 Å². The molecule has 4 nitrogen and oxygen atoms in total. The highest BCUT2D eigenvalue weighted by Crippen LogP contribution is 2.24. The Balaban J connectivity index is 1.84. The third kappa shape index (κ3) is 3.12. The summed E-state index contributed by atoms with van der Waals surface area (Å²) in [4.78, 5) is 28.2. The number of hydrogen-bond donors (Lipinski definition) is 1. The van der Waals surface area contributed by atoms with Crippen molar-refractivity contribution in [3.63, 3.8) is 0 Å². The van der Waals surface area contributed by atoms with Crippen LogP contribution in [-0.4, -0.2) is 22.8 Å². The van der Waals surface area contributed by atoms with E-state index in [4.69, 9.17) is 4.74 Å². The van der Waals surface area contributed by atoms with Crippen LogP contribution in [-0.2, 0) is 4.74 Å². The van der Waals surface area contributed by atoms with E-state index in [2.05, 4.69) is 20.9 Å². The first-order valence-electron chi connectivity index (χ1n) is 7.55. The number of aryl methyl sites for hydroxylation is 1. The maximum absolute atomic E-state index is 12.8. The van der Waals surface area contributed by atoms with Gasteiger partial charge in [0.2, 0.25) is 5.78 Å². The zero-order chi connectivity index (χ0) is 17.3. The summed E-state index contributed by atoms with van der Waals surface area (Å²) in [5, 5.41) is 0.838. The molecule has 0 saturated carbocycles. The maximum Gasteiger partial charge on any atom is 0.338 e. The van der Waals surface area contributed by atoms with Gasteiger partial charge >= 0.3 is 5.97 Å². The molecular formula is C19H16BrNO3. The minimum atomic E-state index is -0.866. The summed E-state index contributed by atoms with van der Waals surface area (Å²) in [5.74, 6) is -0.733. The summed E-state index contributed by atoms with van der Waals surface area (Å²) >= 11 is 3.31. The van der Waals surface area contributed by atoms with Crippen LogP contribution in [0.1, 0.15) is 33.3 Å². The van der Waals surface area contributed by atoms with Gasteiger partial charge < -0.3 is 9.72 Å². The van der Waals surface area contributed by atoms with Gasteiger partial charge in [-0.05, 0) is 38.1 Å². The van der Waals surface area contributed by atoms with Crippen LogP contribution in [0.4, 0.5) is 0 Å². The number of aromatic nitrogens is 1. The molecule has 0 aliphatic heterocycles. The molecule has 1 aromatic heterocycles. The molecular weight excluding hydrogens is 370 g/mol. The van der Waals surface area contributed by atoms with Gasteiger partial charge in [-0.1, -0.05) is 40.2 Å². The minimum absolute atomic E-state index is 0.215. The van der Waals surface area contributed by atoms with Gasteiger partial charge in [0.15, 0.2) is 6.10 Å². The molecule has 122 valence electrons. The largest absolute Gasteiger partial charge is 0.451 e. The quantitative estimate of drug-likeness (QED) is 0.524. The fraction of sp³-hybridized carbons (Fsp3) is 0.158. The normalized spacial score (nSPS) is 12.1. The third-order valence-electron chi connectivity index (χ3n) is 3.85. The van der Waals surface area contributed by atoms with Crippen molar-refractivity contribution >= 4 is 38.6 Å². The molecule has 1 N–H and O–H groups in total. The van der Waals surface area contributed by atoms with Crippen LogP contribution in [0.2, 0.25) is 0 Å². The Morgan fingerprint density at radius 2 is 1.88 bits per heavy atom. The zero-order valence-electron chi connectivity index (χ0n) is 13.3. The first-order chi connectivity index (χ1) is 11.5. The predicted molar refractivity (Wildman–Crippen MR) is 96.4 cm³/mol. The summed E-state index contributed by atoms with van der Waals surface area (Å²) in [7, 11) is 0. The molecule has 0 aliphatic rings. The second kappa shape index (κ2) is 6.61. The van der Waals surface area contributed by atoms with Crippen molar-refractivity contribution in [3.05, 3.63) is 69.8 Å². The van der Waals surface area contributed by atoms with Crippen molar-refractivity contribution in [2.24, 2.45) is 0 Å². The van der Waals surface area contributed by atoms with Crippen LogP contribution in [0.3, 0.4) is 0 Å². The lowest BCUT2D eigenvalue weighted by molar-refractivity contribution is 0.0319. The topological polar surface area (TPSA) is 59.2 Å². The van der Waals surface area contributed by atoms with Gasteiger partial charge in [-0.3, -0.25) is 4.79 Å². The number of nitrogens with one attached hydrogen (secondary N) is 1.